The summed E-state index contributed by atoms with van der Waals surface area (Å²) in [5.74, 6) is -1.05. The number of carboxylic acid groups (broad SMARTS) is 1. The lowest BCUT2D eigenvalue weighted by molar-refractivity contribution is -0.142. The smallest absolute Gasteiger partial charge is 0.307 e. The first kappa shape index (κ1) is 15.7. The normalized spacial score (nSPS) is 26.5. The second kappa shape index (κ2) is 6.87. The molecule has 20 heavy (non-hydrogen) atoms. The predicted octanol–water partition coefficient (Wildman–Crippen LogP) is 1.20. The van der Waals surface area contributed by atoms with Gasteiger partial charge in [-0.1, -0.05) is 19.3 Å². The average Bonchev–Trinajstić information content (AvgIpc) is 2.46. The summed E-state index contributed by atoms with van der Waals surface area (Å²) in [4.78, 5) is 11.0. The Hall–Kier alpha value is -0.660. The van der Waals surface area contributed by atoms with Crippen molar-refractivity contribution in [2.45, 2.75) is 44.9 Å². The van der Waals surface area contributed by atoms with Crippen molar-refractivity contribution in [2.24, 2.45) is 11.8 Å². The monoisotopic (exact) mass is 304 g/mol. The molecule has 1 aliphatic carbocycles. The van der Waals surface area contributed by atoms with Gasteiger partial charge >= 0.3 is 5.97 Å². The molecule has 0 aromatic rings. The lowest BCUT2D eigenvalue weighted by Gasteiger charge is -2.30. The van der Waals surface area contributed by atoms with Crippen LogP contribution in [0.15, 0.2) is 0 Å². The van der Waals surface area contributed by atoms with Crippen LogP contribution in [0.5, 0.6) is 0 Å². The van der Waals surface area contributed by atoms with Crippen LogP contribution in [-0.4, -0.2) is 43.4 Å². The number of hydrogen-bond donors (Lipinski definition) is 2. The topological polar surface area (TPSA) is 86.7 Å². The van der Waals surface area contributed by atoms with E-state index in [1.165, 1.54) is 23.6 Å². The van der Waals surface area contributed by atoms with Crippen molar-refractivity contribution < 1.29 is 18.3 Å². The Morgan fingerprint density at radius 1 is 1.15 bits per heavy atom. The van der Waals surface area contributed by atoms with Crippen molar-refractivity contribution in [3.63, 3.8) is 0 Å². The Balaban J connectivity index is 1.87. The van der Waals surface area contributed by atoms with Gasteiger partial charge in [-0.15, -0.1) is 0 Å². The van der Waals surface area contributed by atoms with Gasteiger partial charge in [-0.05, 0) is 31.6 Å². The molecule has 2 N–H and O–H groups in total. The van der Waals surface area contributed by atoms with E-state index in [-0.39, 0.29) is 6.54 Å². The zero-order valence-corrected chi connectivity index (χ0v) is 12.6. The molecular formula is C13H24N2O4S. The molecule has 116 valence electrons. The fourth-order valence-electron chi connectivity index (χ4n) is 3.07. The zero-order chi connectivity index (χ0) is 14.6. The van der Waals surface area contributed by atoms with Gasteiger partial charge in [0.25, 0.3) is 10.2 Å². The number of aliphatic carboxylic acids is 1. The lowest BCUT2D eigenvalue weighted by Crippen LogP contribution is -2.48. The van der Waals surface area contributed by atoms with Gasteiger partial charge in [0.1, 0.15) is 0 Å². The molecule has 0 amide bonds. The summed E-state index contributed by atoms with van der Waals surface area (Å²) in [6.45, 7) is 0.996. The third-order valence-corrected chi connectivity index (χ3v) is 5.90. The Bertz CT molecular complexity index is 432. The summed E-state index contributed by atoms with van der Waals surface area (Å²) in [6.07, 6.45) is 6.94. The highest BCUT2D eigenvalue weighted by Crippen LogP contribution is 2.23. The van der Waals surface area contributed by atoms with E-state index in [0.29, 0.717) is 31.8 Å². The second-order valence-electron chi connectivity index (χ2n) is 5.89. The van der Waals surface area contributed by atoms with Gasteiger partial charge in [-0.3, -0.25) is 4.79 Å². The maximum Gasteiger partial charge on any atom is 0.307 e. The largest absolute Gasteiger partial charge is 0.481 e. The van der Waals surface area contributed by atoms with E-state index in [0.717, 1.165) is 12.8 Å². The molecule has 7 heteroatoms. The van der Waals surface area contributed by atoms with E-state index < -0.39 is 22.1 Å². The van der Waals surface area contributed by atoms with E-state index in [1.807, 2.05) is 0 Å². The van der Waals surface area contributed by atoms with Crippen LogP contribution in [0.25, 0.3) is 0 Å². The van der Waals surface area contributed by atoms with Gasteiger partial charge in [0.05, 0.1) is 5.92 Å². The van der Waals surface area contributed by atoms with Gasteiger partial charge < -0.3 is 5.11 Å². The third kappa shape index (κ3) is 4.17. The highest BCUT2D eigenvalue weighted by atomic mass is 32.2. The fourth-order valence-corrected chi connectivity index (χ4v) is 4.44. The van der Waals surface area contributed by atoms with Crippen molar-refractivity contribution in [3.8, 4) is 0 Å². The molecule has 1 saturated carbocycles. The van der Waals surface area contributed by atoms with E-state index in [4.69, 9.17) is 5.11 Å². The number of hydrogen-bond acceptors (Lipinski definition) is 3. The average molecular weight is 304 g/mol. The van der Waals surface area contributed by atoms with Crippen LogP contribution in [0.4, 0.5) is 0 Å². The van der Waals surface area contributed by atoms with E-state index in [9.17, 15) is 13.2 Å². The molecular weight excluding hydrogens is 280 g/mol. The van der Waals surface area contributed by atoms with E-state index >= 15 is 0 Å². The molecule has 1 aliphatic heterocycles. The molecule has 2 rings (SSSR count). The molecule has 0 spiro atoms. The molecule has 1 heterocycles. The standard InChI is InChI=1S/C13H24N2O4S/c16-13(17)12-7-4-8-15(10-12)20(18,19)14-9-11-5-2-1-3-6-11/h11-12,14H,1-10H2,(H,16,17). The number of nitrogens with zero attached hydrogens (tertiary/aromatic N) is 1. The molecule has 2 fully saturated rings. The zero-order valence-electron chi connectivity index (χ0n) is 11.8. The molecule has 0 aromatic carbocycles. The van der Waals surface area contributed by atoms with Crippen LogP contribution in [-0.2, 0) is 15.0 Å². The van der Waals surface area contributed by atoms with Crippen LogP contribution < -0.4 is 4.72 Å². The number of piperidine rings is 1. The quantitative estimate of drug-likeness (QED) is 0.799. The minimum atomic E-state index is -3.53. The van der Waals surface area contributed by atoms with Crippen molar-refractivity contribution in [3.05, 3.63) is 0 Å². The van der Waals surface area contributed by atoms with Crippen LogP contribution in [0, 0.1) is 11.8 Å². The SMILES string of the molecule is O=C(O)C1CCCN(S(=O)(=O)NCC2CCCCC2)C1. The van der Waals surface area contributed by atoms with Crippen molar-refractivity contribution in [1.82, 2.24) is 9.03 Å². The van der Waals surface area contributed by atoms with E-state index in [2.05, 4.69) is 4.72 Å². The minimum absolute atomic E-state index is 0.0926. The van der Waals surface area contributed by atoms with E-state index in [1.54, 1.807) is 0 Å². The van der Waals surface area contributed by atoms with Gasteiger partial charge in [0.15, 0.2) is 0 Å². The van der Waals surface area contributed by atoms with Crippen molar-refractivity contribution in [2.75, 3.05) is 19.6 Å². The molecule has 0 bridgehead atoms. The molecule has 1 unspecified atom stereocenters. The number of rotatable bonds is 5. The maximum atomic E-state index is 12.2. The minimum Gasteiger partial charge on any atom is -0.481 e. The lowest BCUT2D eigenvalue weighted by atomic mass is 9.90. The highest BCUT2D eigenvalue weighted by molar-refractivity contribution is 7.87. The van der Waals surface area contributed by atoms with Crippen molar-refractivity contribution >= 4 is 16.2 Å². The molecule has 1 atom stereocenters. The van der Waals surface area contributed by atoms with Crippen LogP contribution in [0.2, 0.25) is 0 Å². The maximum absolute atomic E-state index is 12.2. The summed E-state index contributed by atoms with van der Waals surface area (Å²) in [5.41, 5.74) is 0. The number of nitrogens with one attached hydrogen (secondary N) is 1. The summed E-state index contributed by atoms with van der Waals surface area (Å²) in [6, 6.07) is 0. The van der Waals surface area contributed by atoms with Crippen LogP contribution in [0.3, 0.4) is 0 Å². The first-order valence-corrected chi connectivity index (χ1v) is 8.90. The Morgan fingerprint density at radius 3 is 2.50 bits per heavy atom. The molecule has 1 saturated heterocycles. The molecule has 0 radical (unpaired) electrons. The fraction of sp³-hybridized carbons (Fsp3) is 0.923. The van der Waals surface area contributed by atoms with Crippen LogP contribution in [0.1, 0.15) is 44.9 Å². The van der Waals surface area contributed by atoms with Gasteiger partial charge in [-0.25, -0.2) is 4.72 Å². The number of carbonyl (C=O) groups is 1. The van der Waals surface area contributed by atoms with Gasteiger partial charge in [-0.2, -0.15) is 12.7 Å². The first-order chi connectivity index (χ1) is 9.49. The summed E-state index contributed by atoms with van der Waals surface area (Å²) in [5, 5.41) is 9.01. The molecule has 6 nitrogen and oxygen atoms in total. The molecule has 2 aliphatic rings. The summed E-state index contributed by atoms with van der Waals surface area (Å²) in [7, 11) is -3.53. The number of carboxylic acids is 1. The molecule has 0 aromatic heterocycles. The van der Waals surface area contributed by atoms with Gasteiger partial charge in [0, 0.05) is 19.6 Å². The van der Waals surface area contributed by atoms with Gasteiger partial charge in [0.2, 0.25) is 0 Å². The van der Waals surface area contributed by atoms with Crippen molar-refractivity contribution in [1.29, 1.82) is 0 Å². The van der Waals surface area contributed by atoms with Crippen LogP contribution >= 0.6 is 0 Å². The summed E-state index contributed by atoms with van der Waals surface area (Å²) < 4.78 is 28.4. The summed E-state index contributed by atoms with van der Waals surface area (Å²) >= 11 is 0. The Kier molecular flexibility index (Phi) is 5.40. The third-order valence-electron chi connectivity index (χ3n) is 4.35. The predicted molar refractivity (Wildman–Crippen MR) is 75.4 cm³/mol. The second-order valence-corrected chi connectivity index (χ2v) is 7.65. The Labute approximate surface area is 120 Å². The highest BCUT2D eigenvalue weighted by Gasteiger charge is 2.32. The Morgan fingerprint density at radius 2 is 1.85 bits per heavy atom. The first-order valence-electron chi connectivity index (χ1n) is 7.46.